The molecule has 92 valence electrons. The van der Waals surface area contributed by atoms with Crippen LogP contribution in [-0.4, -0.2) is 0 Å². The van der Waals surface area contributed by atoms with E-state index in [4.69, 9.17) is 0 Å². The van der Waals surface area contributed by atoms with Gasteiger partial charge in [-0.15, -0.1) is 11.3 Å². The lowest BCUT2D eigenvalue weighted by Crippen LogP contribution is -2.22. The van der Waals surface area contributed by atoms with Gasteiger partial charge in [-0.1, -0.05) is 30.3 Å². The summed E-state index contributed by atoms with van der Waals surface area (Å²) < 4.78 is 0. The molecule has 0 unspecified atom stereocenters. The predicted molar refractivity (Wildman–Crippen MR) is 75.4 cm³/mol. The smallest absolute Gasteiger partial charge is 0.131 e. The van der Waals surface area contributed by atoms with E-state index in [0.29, 0.717) is 0 Å². The molecule has 18 heavy (non-hydrogen) atoms. The highest BCUT2D eigenvalue weighted by molar-refractivity contribution is 7.12. The standard InChI is InChI=1S/C15H16N2S/c1-11-8-9-15(18-11)14(10-16)17-12(2)13-6-4-3-5-7-13/h3-9,12,14,17H,1-2H3/t12-,14-/m0/s1. The van der Waals surface area contributed by atoms with E-state index in [-0.39, 0.29) is 12.1 Å². The maximum Gasteiger partial charge on any atom is 0.131 e. The number of rotatable bonds is 4. The van der Waals surface area contributed by atoms with Crippen molar-refractivity contribution in [2.45, 2.75) is 25.9 Å². The van der Waals surface area contributed by atoms with Gasteiger partial charge in [0.05, 0.1) is 6.07 Å². The average molecular weight is 256 g/mol. The van der Waals surface area contributed by atoms with Gasteiger partial charge in [-0.05, 0) is 31.5 Å². The fourth-order valence-electron chi connectivity index (χ4n) is 1.88. The summed E-state index contributed by atoms with van der Waals surface area (Å²) in [7, 11) is 0. The molecule has 0 saturated heterocycles. The van der Waals surface area contributed by atoms with Crippen molar-refractivity contribution in [3.63, 3.8) is 0 Å². The minimum Gasteiger partial charge on any atom is -0.291 e. The Kier molecular flexibility index (Phi) is 4.14. The molecule has 0 radical (unpaired) electrons. The quantitative estimate of drug-likeness (QED) is 0.898. The van der Waals surface area contributed by atoms with Gasteiger partial charge in [-0.2, -0.15) is 5.26 Å². The van der Waals surface area contributed by atoms with Crippen LogP contribution in [0.5, 0.6) is 0 Å². The van der Waals surface area contributed by atoms with Gasteiger partial charge in [-0.3, -0.25) is 5.32 Å². The van der Waals surface area contributed by atoms with E-state index in [1.54, 1.807) is 11.3 Å². The molecule has 0 aliphatic rings. The lowest BCUT2D eigenvalue weighted by Gasteiger charge is -2.17. The Bertz CT molecular complexity index is 539. The Morgan fingerprint density at radius 2 is 1.89 bits per heavy atom. The number of thiophene rings is 1. The summed E-state index contributed by atoms with van der Waals surface area (Å²) in [6.07, 6.45) is 0. The van der Waals surface area contributed by atoms with Crippen LogP contribution in [0.15, 0.2) is 42.5 Å². The highest BCUT2D eigenvalue weighted by Gasteiger charge is 2.15. The molecule has 0 spiro atoms. The summed E-state index contributed by atoms with van der Waals surface area (Å²) >= 11 is 1.67. The summed E-state index contributed by atoms with van der Waals surface area (Å²) in [5.41, 5.74) is 1.20. The van der Waals surface area contributed by atoms with E-state index in [1.165, 1.54) is 10.4 Å². The molecule has 1 aromatic heterocycles. The molecular weight excluding hydrogens is 240 g/mol. The van der Waals surface area contributed by atoms with Crippen LogP contribution in [0.4, 0.5) is 0 Å². The van der Waals surface area contributed by atoms with Crippen LogP contribution in [-0.2, 0) is 0 Å². The summed E-state index contributed by atoms with van der Waals surface area (Å²) in [5, 5.41) is 12.6. The highest BCUT2D eigenvalue weighted by atomic mass is 32.1. The van der Waals surface area contributed by atoms with Crippen molar-refractivity contribution >= 4 is 11.3 Å². The third-order valence-electron chi connectivity index (χ3n) is 2.89. The lowest BCUT2D eigenvalue weighted by atomic mass is 10.1. The number of benzene rings is 1. The fourth-order valence-corrected chi connectivity index (χ4v) is 2.76. The number of nitrogens with zero attached hydrogens (tertiary/aromatic N) is 1. The third kappa shape index (κ3) is 2.98. The van der Waals surface area contributed by atoms with Crippen LogP contribution in [0.2, 0.25) is 0 Å². The van der Waals surface area contributed by atoms with Crippen LogP contribution in [0.25, 0.3) is 0 Å². The van der Waals surface area contributed by atoms with Crippen molar-refractivity contribution in [3.8, 4) is 6.07 Å². The number of aryl methyl sites for hydroxylation is 1. The topological polar surface area (TPSA) is 35.8 Å². The predicted octanol–water partition coefficient (Wildman–Crippen LogP) is 3.97. The molecule has 0 bridgehead atoms. The van der Waals surface area contributed by atoms with Crippen molar-refractivity contribution in [1.82, 2.24) is 5.32 Å². The molecule has 2 rings (SSSR count). The van der Waals surface area contributed by atoms with E-state index in [0.717, 1.165) is 4.88 Å². The van der Waals surface area contributed by atoms with Crippen LogP contribution in [0, 0.1) is 18.3 Å². The zero-order valence-electron chi connectivity index (χ0n) is 10.6. The van der Waals surface area contributed by atoms with Gasteiger partial charge in [-0.25, -0.2) is 0 Å². The molecule has 1 N–H and O–H groups in total. The molecule has 0 aliphatic heterocycles. The Morgan fingerprint density at radius 1 is 1.17 bits per heavy atom. The minimum absolute atomic E-state index is 0.165. The number of nitriles is 1. The van der Waals surface area contributed by atoms with E-state index < -0.39 is 0 Å². The van der Waals surface area contributed by atoms with Crippen molar-refractivity contribution in [1.29, 1.82) is 5.26 Å². The van der Waals surface area contributed by atoms with Gasteiger partial charge in [0.25, 0.3) is 0 Å². The van der Waals surface area contributed by atoms with Gasteiger partial charge in [0.15, 0.2) is 0 Å². The minimum atomic E-state index is -0.237. The summed E-state index contributed by atoms with van der Waals surface area (Å²) in [6, 6.07) is 16.5. The second kappa shape index (κ2) is 5.81. The molecule has 0 amide bonds. The Balaban J connectivity index is 2.10. The zero-order valence-corrected chi connectivity index (χ0v) is 11.4. The number of hydrogen-bond acceptors (Lipinski definition) is 3. The summed E-state index contributed by atoms with van der Waals surface area (Å²) in [5.74, 6) is 0. The van der Waals surface area contributed by atoms with Crippen LogP contribution < -0.4 is 5.32 Å². The monoisotopic (exact) mass is 256 g/mol. The first-order valence-corrected chi connectivity index (χ1v) is 6.79. The molecular formula is C15H16N2S. The molecule has 0 fully saturated rings. The van der Waals surface area contributed by atoms with Gasteiger partial charge in [0.1, 0.15) is 6.04 Å². The average Bonchev–Trinajstić information content (AvgIpc) is 2.83. The van der Waals surface area contributed by atoms with Crippen molar-refractivity contribution in [2.24, 2.45) is 0 Å². The zero-order chi connectivity index (χ0) is 13.0. The van der Waals surface area contributed by atoms with Crippen LogP contribution in [0.1, 0.15) is 34.3 Å². The van der Waals surface area contributed by atoms with Crippen LogP contribution >= 0.6 is 11.3 Å². The van der Waals surface area contributed by atoms with E-state index >= 15 is 0 Å². The largest absolute Gasteiger partial charge is 0.291 e. The molecule has 0 saturated carbocycles. The van der Waals surface area contributed by atoms with Crippen molar-refractivity contribution in [3.05, 3.63) is 57.8 Å². The highest BCUT2D eigenvalue weighted by Crippen LogP contribution is 2.25. The maximum absolute atomic E-state index is 9.28. The molecule has 1 aromatic carbocycles. The first-order valence-electron chi connectivity index (χ1n) is 5.97. The van der Waals surface area contributed by atoms with Gasteiger partial charge >= 0.3 is 0 Å². The SMILES string of the molecule is Cc1ccc([C@H](C#N)N[C@@H](C)c2ccccc2)s1. The van der Waals surface area contributed by atoms with E-state index in [2.05, 4.69) is 43.4 Å². The molecule has 0 aliphatic carbocycles. The molecule has 1 heterocycles. The Morgan fingerprint density at radius 3 is 2.44 bits per heavy atom. The summed E-state index contributed by atoms with van der Waals surface area (Å²) in [6.45, 7) is 4.14. The second-order valence-electron chi connectivity index (χ2n) is 4.31. The molecule has 2 aromatic rings. The normalized spacial score (nSPS) is 13.8. The lowest BCUT2D eigenvalue weighted by molar-refractivity contribution is 0.538. The summed E-state index contributed by atoms with van der Waals surface area (Å²) in [4.78, 5) is 2.32. The number of nitrogens with one attached hydrogen (secondary N) is 1. The first-order chi connectivity index (χ1) is 8.70. The number of hydrogen-bond donors (Lipinski definition) is 1. The second-order valence-corrected chi connectivity index (χ2v) is 5.63. The maximum atomic E-state index is 9.28. The van der Waals surface area contributed by atoms with Gasteiger partial charge in [0.2, 0.25) is 0 Å². The van der Waals surface area contributed by atoms with E-state index in [9.17, 15) is 5.26 Å². The molecule has 2 atom stereocenters. The fraction of sp³-hybridized carbons (Fsp3) is 0.267. The first kappa shape index (κ1) is 12.8. The third-order valence-corrected chi connectivity index (χ3v) is 3.96. The van der Waals surface area contributed by atoms with Crippen molar-refractivity contribution in [2.75, 3.05) is 0 Å². The molecule has 3 heteroatoms. The van der Waals surface area contributed by atoms with Gasteiger partial charge in [0, 0.05) is 15.8 Å². The Labute approximate surface area is 112 Å². The van der Waals surface area contributed by atoms with E-state index in [1.807, 2.05) is 24.3 Å². The van der Waals surface area contributed by atoms with Crippen LogP contribution in [0.3, 0.4) is 0 Å². The molecule has 2 nitrogen and oxygen atoms in total. The Hall–Kier alpha value is -1.63. The van der Waals surface area contributed by atoms with Gasteiger partial charge < -0.3 is 0 Å². The van der Waals surface area contributed by atoms with Crippen molar-refractivity contribution < 1.29 is 0 Å².